The number of phenols is 2. The highest BCUT2D eigenvalue weighted by atomic mass is 16.8. The van der Waals surface area contributed by atoms with E-state index in [-0.39, 0.29) is 78.2 Å². The molecule has 0 saturated carbocycles. The molecule has 7 aliphatic rings. The zero-order valence-electron chi connectivity index (χ0n) is 52.5. The van der Waals surface area contributed by atoms with E-state index in [1.54, 1.807) is 40.7 Å². The quantitative estimate of drug-likeness (QED) is 0.0824. The SMILES string of the molecule is CCC(C)c1c(O[C@H]2C[C@@H](O[C@H]3C[C@@H](O)[C@H](O)[C@@H](C)O3)[C@H](O)[C@@H](C)O2)cc2cc3c(c(O)c2c1O)C(=O)C(O[C@H]1C[C@@H](O[C@H]2C[C@@H](O[C@H]4C[C@@H](O[C@H]5C[C@@H](O)[C@H](O)[C@@H](C)O5)[C@H](O)[C@@H](C)O4)[C@@H](OC(C)=O)[C@@H](C)O2)[C@H](O)[C@@H](C)O1)C(C(OC)C(=O)C(O)C(C)O)C3. The monoisotopic (exact) mass is 1280 g/mol. The Balaban J connectivity index is 0.972. The van der Waals surface area contributed by atoms with E-state index in [9.17, 15) is 65.8 Å². The summed E-state index contributed by atoms with van der Waals surface area (Å²) in [5, 5.41) is 122. The Hall–Kier alpha value is -3.93. The first kappa shape index (κ1) is 70.4. The third kappa shape index (κ3) is 15.1. The largest absolute Gasteiger partial charge is 0.507 e. The van der Waals surface area contributed by atoms with Crippen molar-refractivity contribution in [2.75, 3.05) is 7.11 Å². The molecule has 508 valence electrons. The number of Topliss-reactive ketones (excluding diaryl/α,β-unsaturated/α-hetero) is 2. The molecule has 9 rings (SSSR count). The molecule has 1 aliphatic carbocycles. The molecule has 0 spiro atoms. The van der Waals surface area contributed by atoms with Crippen LogP contribution >= 0.6 is 0 Å². The predicted octanol–water partition coefficient (Wildman–Crippen LogP) is 1.02. The maximum Gasteiger partial charge on any atom is 0.303 e. The van der Waals surface area contributed by atoms with E-state index >= 15 is 4.79 Å². The minimum atomic E-state index is -1.98. The Bertz CT molecular complexity index is 2760. The van der Waals surface area contributed by atoms with Gasteiger partial charge >= 0.3 is 5.97 Å². The van der Waals surface area contributed by atoms with Crippen molar-refractivity contribution in [3.63, 3.8) is 0 Å². The van der Waals surface area contributed by atoms with Crippen molar-refractivity contribution >= 4 is 28.3 Å². The molecule has 90 heavy (non-hydrogen) atoms. The number of carbonyl (C=O) groups excluding carboxylic acids is 3. The number of phenolic OH excluding ortho intramolecular Hbond substituents is 2. The lowest BCUT2D eigenvalue weighted by atomic mass is 9.74. The number of ether oxygens (including phenoxy) is 14. The highest BCUT2D eigenvalue weighted by Gasteiger charge is 2.52. The second-order valence-corrected chi connectivity index (χ2v) is 25.4. The number of methoxy groups -OCH3 is 1. The first-order chi connectivity index (χ1) is 42.5. The van der Waals surface area contributed by atoms with Crippen LogP contribution in [-0.4, -0.2) is 253 Å². The van der Waals surface area contributed by atoms with Gasteiger partial charge in [0.05, 0.1) is 84.2 Å². The molecule has 0 bridgehead atoms. The minimum absolute atomic E-state index is 0.0413. The molecule has 30 atom stereocenters. The second kappa shape index (κ2) is 29.4. The van der Waals surface area contributed by atoms with Crippen molar-refractivity contribution in [2.24, 2.45) is 5.92 Å². The smallest absolute Gasteiger partial charge is 0.303 e. The number of esters is 1. The molecular formula is C62H92O28. The van der Waals surface area contributed by atoms with Gasteiger partial charge in [0.15, 0.2) is 49.1 Å². The number of hydrogen-bond donors (Lipinski definition) is 11. The zero-order valence-corrected chi connectivity index (χ0v) is 52.5. The lowest BCUT2D eigenvalue weighted by Crippen LogP contribution is -2.57. The molecule has 0 amide bonds. The van der Waals surface area contributed by atoms with Crippen LogP contribution in [0.2, 0.25) is 0 Å². The van der Waals surface area contributed by atoms with Crippen LogP contribution in [0, 0.1) is 5.92 Å². The summed E-state index contributed by atoms with van der Waals surface area (Å²) in [7, 11) is 1.18. The second-order valence-electron chi connectivity index (χ2n) is 25.4. The summed E-state index contributed by atoms with van der Waals surface area (Å²) in [6, 6.07) is 3.10. The molecule has 6 fully saturated rings. The van der Waals surface area contributed by atoms with Gasteiger partial charge in [0.25, 0.3) is 0 Å². The van der Waals surface area contributed by atoms with E-state index in [1.165, 1.54) is 33.9 Å². The number of ketones is 2. The third-order valence-corrected chi connectivity index (χ3v) is 18.7. The number of rotatable bonds is 20. The Morgan fingerprint density at radius 3 is 1.49 bits per heavy atom. The normalized spacial score (nSPS) is 41.5. The summed E-state index contributed by atoms with van der Waals surface area (Å²) < 4.78 is 86.0. The number of aromatic hydroxyl groups is 2. The van der Waals surface area contributed by atoms with Gasteiger partial charge in [-0.3, -0.25) is 14.4 Å². The van der Waals surface area contributed by atoms with Crippen molar-refractivity contribution < 1.29 is 137 Å². The van der Waals surface area contributed by atoms with Gasteiger partial charge in [-0.25, -0.2) is 0 Å². The Morgan fingerprint density at radius 1 is 0.589 bits per heavy atom. The minimum Gasteiger partial charge on any atom is -0.507 e. The Morgan fingerprint density at radius 2 is 1.02 bits per heavy atom. The number of aliphatic hydroxyl groups is 9. The zero-order chi connectivity index (χ0) is 65.6. The average Bonchev–Trinajstić information content (AvgIpc) is 0.743. The van der Waals surface area contributed by atoms with E-state index < -0.39 is 213 Å². The molecule has 2 aromatic rings. The van der Waals surface area contributed by atoms with Gasteiger partial charge in [-0.15, -0.1) is 0 Å². The number of aliphatic hydroxyl groups excluding tert-OH is 9. The van der Waals surface area contributed by atoms with E-state index in [0.29, 0.717) is 6.42 Å². The molecule has 28 nitrogen and oxygen atoms in total. The highest BCUT2D eigenvalue weighted by Crippen LogP contribution is 2.50. The van der Waals surface area contributed by atoms with Crippen molar-refractivity contribution in [3.8, 4) is 17.2 Å². The summed E-state index contributed by atoms with van der Waals surface area (Å²) in [4.78, 5) is 42.0. The standard InChI is InChI=1S/C62H92O28/c1-12-22(2)47-36(85-43-18-37(53(70)26(6)80-43)86-41-16-34(65)51(68)24(4)78-41)15-32-13-31-14-33(61(77-11)59(76)50(67)23(3)63)62(58(75)49(31)57(74)48(32)56(47)73)90-46-20-39(55(72)28(8)82-46)88-45-21-40(60(29(9)83-45)84-30(10)64)89-44-19-38(54(71)27(7)81-44)87-42-17-35(66)52(69)25(5)79-42/h13,15,22-29,33-35,37-46,50-55,60-63,65-74H,12,14,16-21H2,1-11H3/t22?,23?,24-,25-,26-,27-,28-,29-,33?,34-,35-,37-,38-,39-,40-,41+,42+,43+,44+,45+,46+,50?,51-,52-,53-,54-,55-,60+,61?,62?/m1/s1. The fraction of sp³-hybridized carbons (Fsp3) is 0.790. The van der Waals surface area contributed by atoms with E-state index in [2.05, 4.69) is 0 Å². The van der Waals surface area contributed by atoms with Crippen LogP contribution in [0.4, 0.5) is 0 Å². The summed E-state index contributed by atoms with van der Waals surface area (Å²) in [5.41, 5.74) is 0.150. The van der Waals surface area contributed by atoms with E-state index in [1.807, 2.05) is 13.8 Å². The molecule has 6 unspecified atom stereocenters. The summed E-state index contributed by atoms with van der Waals surface area (Å²) >= 11 is 0. The van der Waals surface area contributed by atoms with Crippen LogP contribution < -0.4 is 4.74 Å². The summed E-state index contributed by atoms with van der Waals surface area (Å²) in [6.07, 6.45) is -32.3. The molecule has 6 saturated heterocycles. The molecular weight excluding hydrogens is 1190 g/mol. The van der Waals surface area contributed by atoms with Gasteiger partial charge in [0, 0.05) is 64.0 Å². The van der Waals surface area contributed by atoms with Crippen LogP contribution in [0.1, 0.15) is 142 Å². The molecule has 11 N–H and O–H groups in total. The van der Waals surface area contributed by atoms with Gasteiger partial charge < -0.3 is 122 Å². The van der Waals surface area contributed by atoms with E-state index in [0.717, 1.165) is 0 Å². The summed E-state index contributed by atoms with van der Waals surface area (Å²) in [5.74, 6) is -5.16. The molecule has 6 aliphatic heterocycles. The van der Waals surface area contributed by atoms with Crippen LogP contribution in [0.3, 0.4) is 0 Å². The van der Waals surface area contributed by atoms with Gasteiger partial charge in [0.2, 0.25) is 6.29 Å². The molecule has 0 aromatic heterocycles. The number of carbonyl (C=O) groups is 3. The van der Waals surface area contributed by atoms with Gasteiger partial charge in [-0.1, -0.05) is 13.8 Å². The van der Waals surface area contributed by atoms with Crippen molar-refractivity contribution in [1.82, 2.24) is 0 Å². The van der Waals surface area contributed by atoms with E-state index in [4.69, 9.17) is 66.3 Å². The third-order valence-electron chi connectivity index (χ3n) is 18.7. The van der Waals surface area contributed by atoms with Crippen LogP contribution in [0.15, 0.2) is 12.1 Å². The maximum atomic E-state index is 15.4. The first-order valence-electron chi connectivity index (χ1n) is 31.3. The molecule has 28 heteroatoms. The fourth-order valence-corrected chi connectivity index (χ4v) is 13.4. The van der Waals surface area contributed by atoms with Crippen LogP contribution in [-0.2, 0) is 77.6 Å². The average molecular weight is 1290 g/mol. The summed E-state index contributed by atoms with van der Waals surface area (Å²) in [6.45, 7) is 15.7. The van der Waals surface area contributed by atoms with Crippen molar-refractivity contribution in [3.05, 3.63) is 28.8 Å². The van der Waals surface area contributed by atoms with Crippen molar-refractivity contribution in [2.45, 2.75) is 299 Å². The van der Waals surface area contributed by atoms with Crippen LogP contribution in [0.5, 0.6) is 17.2 Å². The molecule has 6 heterocycles. The number of fused-ring (bicyclic) bond motifs is 2. The topological polar surface area (TPSA) is 403 Å². The first-order valence-corrected chi connectivity index (χ1v) is 31.3. The molecule has 2 aromatic carbocycles. The van der Waals surface area contributed by atoms with Gasteiger partial charge in [-0.05, 0) is 90.3 Å². The Kier molecular flexibility index (Phi) is 23.0. The number of hydrogen-bond acceptors (Lipinski definition) is 28. The predicted molar refractivity (Wildman–Crippen MR) is 307 cm³/mol. The lowest BCUT2D eigenvalue weighted by Gasteiger charge is -2.46. The fourth-order valence-electron chi connectivity index (χ4n) is 13.4. The number of benzene rings is 2. The molecule has 0 radical (unpaired) electrons. The highest BCUT2D eigenvalue weighted by molar-refractivity contribution is 6.11. The Labute approximate surface area is 521 Å². The van der Waals surface area contributed by atoms with Gasteiger partial charge in [-0.2, -0.15) is 0 Å². The van der Waals surface area contributed by atoms with Crippen LogP contribution in [0.25, 0.3) is 10.8 Å². The van der Waals surface area contributed by atoms with Gasteiger partial charge in [0.1, 0.15) is 72.2 Å². The van der Waals surface area contributed by atoms with Crippen molar-refractivity contribution in [1.29, 1.82) is 0 Å². The lowest BCUT2D eigenvalue weighted by molar-refractivity contribution is -0.338. The maximum absolute atomic E-state index is 15.4.